The second-order valence-electron chi connectivity index (χ2n) is 6.16. The van der Waals surface area contributed by atoms with E-state index < -0.39 is 16.9 Å². The average Bonchev–Trinajstić information content (AvgIpc) is 3.01. The maximum Gasteiger partial charge on any atom is 0.282 e. The molecule has 2 aromatic carbocycles. The van der Waals surface area contributed by atoms with E-state index in [4.69, 9.17) is 5.26 Å². The fourth-order valence-electron chi connectivity index (χ4n) is 3.05. The molecule has 0 bridgehead atoms. The first-order valence-corrected chi connectivity index (χ1v) is 8.31. The Balaban J connectivity index is 1.68. The zero-order valence-electron chi connectivity index (χ0n) is 14.3. The third-order valence-electron chi connectivity index (χ3n) is 4.38. The molecule has 1 N–H and O–H groups in total. The SMILES string of the molecule is N#Cc1cccc(CN2CC[C@H](NC(=O)c3ccccc3[N+](=O)[O-])C2=O)c1. The topological polar surface area (TPSA) is 116 Å². The molecule has 0 aliphatic carbocycles. The summed E-state index contributed by atoms with van der Waals surface area (Å²) in [6.45, 7) is 0.795. The van der Waals surface area contributed by atoms with Gasteiger partial charge in [0.25, 0.3) is 11.6 Å². The predicted octanol–water partition coefficient (Wildman–Crippen LogP) is 2.00. The van der Waals surface area contributed by atoms with Crippen molar-refractivity contribution in [1.82, 2.24) is 10.2 Å². The summed E-state index contributed by atoms with van der Waals surface area (Å²) in [5.74, 6) is -0.890. The Kier molecular flexibility index (Phi) is 5.13. The minimum Gasteiger partial charge on any atom is -0.340 e. The lowest BCUT2D eigenvalue weighted by molar-refractivity contribution is -0.385. The molecular formula is C19H16N4O4. The van der Waals surface area contributed by atoms with Gasteiger partial charge in [0.1, 0.15) is 11.6 Å². The lowest BCUT2D eigenvalue weighted by Crippen LogP contribution is -2.41. The average molecular weight is 364 g/mol. The van der Waals surface area contributed by atoms with Gasteiger partial charge >= 0.3 is 0 Å². The minimum atomic E-state index is -0.726. The van der Waals surface area contributed by atoms with Gasteiger partial charge in [-0.05, 0) is 30.2 Å². The number of benzene rings is 2. The van der Waals surface area contributed by atoms with Gasteiger partial charge in [0.05, 0.1) is 16.6 Å². The highest BCUT2D eigenvalue weighted by Gasteiger charge is 2.33. The van der Waals surface area contributed by atoms with Crippen LogP contribution in [-0.2, 0) is 11.3 Å². The van der Waals surface area contributed by atoms with Crippen molar-refractivity contribution in [3.8, 4) is 6.07 Å². The Labute approximate surface area is 155 Å². The third kappa shape index (κ3) is 3.93. The number of nitro benzene ring substituents is 1. The lowest BCUT2D eigenvalue weighted by atomic mass is 10.1. The van der Waals surface area contributed by atoms with Gasteiger partial charge < -0.3 is 10.2 Å². The van der Waals surface area contributed by atoms with E-state index in [0.29, 0.717) is 25.1 Å². The second kappa shape index (κ2) is 7.66. The standard InChI is InChI=1S/C19H16N4O4/c20-11-13-4-3-5-14(10-13)12-22-9-8-16(19(22)25)21-18(24)15-6-1-2-7-17(15)23(26)27/h1-7,10,16H,8-9,12H2,(H,21,24)/t16-/m0/s1. The zero-order chi connectivity index (χ0) is 19.4. The van der Waals surface area contributed by atoms with Crippen molar-refractivity contribution in [2.75, 3.05) is 6.54 Å². The Hall–Kier alpha value is -3.73. The van der Waals surface area contributed by atoms with Crippen LogP contribution in [0.15, 0.2) is 48.5 Å². The molecule has 1 heterocycles. The Morgan fingerprint density at radius 2 is 2.07 bits per heavy atom. The molecule has 0 aromatic heterocycles. The highest BCUT2D eigenvalue weighted by atomic mass is 16.6. The summed E-state index contributed by atoms with van der Waals surface area (Å²) in [6, 6.07) is 13.9. The largest absolute Gasteiger partial charge is 0.340 e. The van der Waals surface area contributed by atoms with Crippen LogP contribution in [0.4, 0.5) is 5.69 Å². The van der Waals surface area contributed by atoms with Gasteiger partial charge in [-0.1, -0.05) is 24.3 Å². The first-order chi connectivity index (χ1) is 13.0. The molecule has 1 aliphatic rings. The maximum absolute atomic E-state index is 12.6. The number of nitriles is 1. The molecule has 0 radical (unpaired) electrons. The number of likely N-dealkylation sites (tertiary alicyclic amines) is 1. The molecule has 1 aliphatic heterocycles. The third-order valence-corrected chi connectivity index (χ3v) is 4.38. The van der Waals surface area contributed by atoms with Gasteiger partial charge in [0.2, 0.25) is 5.91 Å². The summed E-state index contributed by atoms with van der Waals surface area (Å²) in [5, 5.41) is 22.6. The van der Waals surface area contributed by atoms with Crippen LogP contribution >= 0.6 is 0 Å². The fraction of sp³-hybridized carbons (Fsp3) is 0.211. The van der Waals surface area contributed by atoms with Gasteiger partial charge in [0.15, 0.2) is 0 Å². The maximum atomic E-state index is 12.6. The number of nitrogens with zero attached hydrogens (tertiary/aromatic N) is 3. The Bertz CT molecular complexity index is 951. The van der Waals surface area contributed by atoms with Crippen LogP contribution in [0, 0.1) is 21.4 Å². The second-order valence-corrected chi connectivity index (χ2v) is 6.16. The molecule has 3 rings (SSSR count). The van der Waals surface area contributed by atoms with Crippen molar-refractivity contribution in [1.29, 1.82) is 5.26 Å². The van der Waals surface area contributed by atoms with Crippen LogP contribution in [0.25, 0.3) is 0 Å². The number of carbonyl (C=O) groups excluding carboxylic acids is 2. The van der Waals surface area contributed by atoms with Gasteiger partial charge in [0, 0.05) is 19.2 Å². The number of para-hydroxylation sites is 1. The molecule has 2 aromatic rings. The Morgan fingerprint density at radius 1 is 1.30 bits per heavy atom. The van der Waals surface area contributed by atoms with Crippen LogP contribution < -0.4 is 5.32 Å². The number of hydrogen-bond donors (Lipinski definition) is 1. The predicted molar refractivity (Wildman–Crippen MR) is 95.5 cm³/mol. The monoisotopic (exact) mass is 364 g/mol. The number of amides is 2. The van der Waals surface area contributed by atoms with Gasteiger partial charge in [-0.25, -0.2) is 0 Å². The number of carbonyl (C=O) groups is 2. The lowest BCUT2D eigenvalue weighted by Gasteiger charge is -2.17. The summed E-state index contributed by atoms with van der Waals surface area (Å²) < 4.78 is 0. The first-order valence-electron chi connectivity index (χ1n) is 8.31. The van der Waals surface area contributed by atoms with Crippen molar-refractivity contribution >= 4 is 17.5 Å². The molecule has 2 amide bonds. The van der Waals surface area contributed by atoms with E-state index in [1.54, 1.807) is 23.1 Å². The number of nitro groups is 1. The normalized spacial score (nSPS) is 16.0. The molecule has 0 spiro atoms. The summed E-state index contributed by atoms with van der Waals surface area (Å²) in [6.07, 6.45) is 0.420. The van der Waals surface area contributed by atoms with Crippen LogP contribution in [-0.4, -0.2) is 34.2 Å². The molecule has 8 nitrogen and oxygen atoms in total. The van der Waals surface area contributed by atoms with E-state index >= 15 is 0 Å². The van der Waals surface area contributed by atoms with Gasteiger partial charge in [-0.15, -0.1) is 0 Å². The van der Waals surface area contributed by atoms with Crippen LogP contribution in [0.3, 0.4) is 0 Å². The van der Waals surface area contributed by atoms with E-state index in [0.717, 1.165) is 5.56 Å². The van der Waals surface area contributed by atoms with Gasteiger partial charge in [-0.2, -0.15) is 5.26 Å². The number of nitrogens with one attached hydrogen (secondary N) is 1. The molecule has 136 valence electrons. The smallest absolute Gasteiger partial charge is 0.282 e. The molecule has 1 fully saturated rings. The number of rotatable bonds is 5. The summed E-state index contributed by atoms with van der Waals surface area (Å²) in [7, 11) is 0. The van der Waals surface area contributed by atoms with Crippen LogP contribution in [0.5, 0.6) is 0 Å². The zero-order valence-corrected chi connectivity index (χ0v) is 14.3. The van der Waals surface area contributed by atoms with Crippen molar-refractivity contribution in [2.24, 2.45) is 0 Å². The van der Waals surface area contributed by atoms with Crippen molar-refractivity contribution in [3.05, 3.63) is 75.3 Å². The van der Waals surface area contributed by atoms with E-state index in [-0.39, 0.29) is 17.2 Å². The summed E-state index contributed by atoms with van der Waals surface area (Å²) >= 11 is 0. The first kappa shape index (κ1) is 18.1. The van der Waals surface area contributed by atoms with E-state index in [2.05, 4.69) is 11.4 Å². The quantitative estimate of drug-likeness (QED) is 0.643. The van der Waals surface area contributed by atoms with Crippen LogP contribution in [0.1, 0.15) is 27.9 Å². The molecule has 1 saturated heterocycles. The minimum absolute atomic E-state index is 0.0736. The summed E-state index contributed by atoms with van der Waals surface area (Å²) in [4.78, 5) is 37.0. The van der Waals surface area contributed by atoms with E-state index in [1.807, 2.05) is 6.07 Å². The molecule has 8 heteroatoms. The molecule has 1 atom stereocenters. The van der Waals surface area contributed by atoms with Crippen LogP contribution in [0.2, 0.25) is 0 Å². The molecular weight excluding hydrogens is 348 g/mol. The van der Waals surface area contributed by atoms with Crippen molar-refractivity contribution < 1.29 is 14.5 Å². The summed E-state index contributed by atoms with van der Waals surface area (Å²) in [5.41, 5.74) is 0.967. The highest BCUT2D eigenvalue weighted by Crippen LogP contribution is 2.20. The van der Waals surface area contributed by atoms with Crippen molar-refractivity contribution in [3.63, 3.8) is 0 Å². The Morgan fingerprint density at radius 3 is 2.81 bits per heavy atom. The molecule has 27 heavy (non-hydrogen) atoms. The molecule has 0 unspecified atom stereocenters. The van der Waals surface area contributed by atoms with Gasteiger partial charge in [-0.3, -0.25) is 19.7 Å². The fourth-order valence-corrected chi connectivity index (χ4v) is 3.05. The van der Waals surface area contributed by atoms with E-state index in [9.17, 15) is 19.7 Å². The number of hydrogen-bond acceptors (Lipinski definition) is 5. The van der Waals surface area contributed by atoms with E-state index in [1.165, 1.54) is 24.3 Å². The van der Waals surface area contributed by atoms with Crippen molar-refractivity contribution in [2.45, 2.75) is 19.0 Å². The highest BCUT2D eigenvalue weighted by molar-refractivity contribution is 6.00. The molecule has 0 saturated carbocycles.